The fourth-order valence-corrected chi connectivity index (χ4v) is 4.36. The van der Waals surface area contributed by atoms with Crippen LogP contribution >= 0.6 is 46.7 Å². The molecule has 2 heterocycles. The maximum Gasteiger partial charge on any atom is 0.213 e. The number of carbonyl (C=O) groups excluding carboxylic acids is 1. The van der Waals surface area contributed by atoms with Crippen LogP contribution in [0.15, 0.2) is 63.9 Å². The zero-order valence-corrected chi connectivity index (χ0v) is 16.9. The molecule has 1 aromatic heterocycles. The van der Waals surface area contributed by atoms with Crippen LogP contribution in [0, 0.1) is 0 Å². The van der Waals surface area contributed by atoms with Gasteiger partial charge < -0.3 is 0 Å². The second-order valence-corrected chi connectivity index (χ2v) is 8.40. The van der Waals surface area contributed by atoms with Gasteiger partial charge in [-0.25, -0.2) is 0 Å². The molecule has 0 unspecified atom stereocenters. The summed E-state index contributed by atoms with van der Waals surface area (Å²) in [6.45, 7) is 0. The lowest BCUT2D eigenvalue weighted by Gasteiger charge is -2.13. The average Bonchev–Trinajstić information content (AvgIpc) is 3.09. The molecule has 1 aliphatic rings. The van der Waals surface area contributed by atoms with Crippen LogP contribution in [0.5, 0.6) is 0 Å². The Balaban J connectivity index is 1.52. The quantitative estimate of drug-likeness (QED) is 0.421. The van der Waals surface area contributed by atoms with E-state index in [0.717, 1.165) is 11.3 Å². The molecule has 0 atom stereocenters. The first-order valence-corrected chi connectivity index (χ1v) is 10.7. The van der Waals surface area contributed by atoms with Crippen LogP contribution in [-0.2, 0) is 0 Å². The first-order chi connectivity index (χ1) is 13.1. The molecule has 0 bridgehead atoms. The van der Waals surface area contributed by atoms with Gasteiger partial charge in [0, 0.05) is 21.4 Å². The van der Waals surface area contributed by atoms with E-state index in [1.54, 1.807) is 40.7 Å². The van der Waals surface area contributed by atoms with Crippen molar-refractivity contribution in [2.24, 2.45) is 5.10 Å². The Labute approximate surface area is 174 Å². The molecule has 136 valence electrons. The molecule has 2 aromatic carbocycles. The molecule has 0 fully saturated rings. The summed E-state index contributed by atoms with van der Waals surface area (Å²) in [5.74, 6) is 0.948. The highest BCUT2D eigenvalue weighted by atomic mass is 35.5. The van der Waals surface area contributed by atoms with Crippen molar-refractivity contribution in [2.45, 2.75) is 10.3 Å². The minimum Gasteiger partial charge on any atom is -0.293 e. The van der Waals surface area contributed by atoms with Crippen molar-refractivity contribution in [3.05, 3.63) is 69.7 Å². The lowest BCUT2D eigenvalue weighted by Crippen LogP contribution is -2.14. The highest BCUT2D eigenvalue weighted by molar-refractivity contribution is 8.00. The van der Waals surface area contributed by atoms with Crippen LogP contribution in [0.1, 0.15) is 15.9 Å². The summed E-state index contributed by atoms with van der Waals surface area (Å²) in [5, 5.41) is 15.6. The summed E-state index contributed by atoms with van der Waals surface area (Å²) >= 11 is 14.7. The third-order valence-corrected chi connectivity index (χ3v) is 6.17. The van der Waals surface area contributed by atoms with Crippen molar-refractivity contribution in [2.75, 3.05) is 11.5 Å². The number of fused-ring (bicyclic) bond motifs is 1. The van der Waals surface area contributed by atoms with Crippen molar-refractivity contribution in [1.29, 1.82) is 0 Å². The second kappa shape index (κ2) is 8.06. The molecule has 9 heteroatoms. The van der Waals surface area contributed by atoms with Crippen LogP contribution in [0.2, 0.25) is 10.0 Å². The standard InChI is InChI=1S/C18H12Cl2N4OS2/c19-13-5-1-11(2-6-13)15-9-26-17-21-22-18(24(17)23-15)27-10-16(25)12-3-7-14(20)8-4-12/h1-8H,9-10H2. The van der Waals surface area contributed by atoms with E-state index in [-0.39, 0.29) is 11.5 Å². The van der Waals surface area contributed by atoms with Gasteiger partial charge in [-0.2, -0.15) is 9.78 Å². The summed E-state index contributed by atoms with van der Waals surface area (Å²) in [6.07, 6.45) is 0. The average molecular weight is 435 g/mol. The number of hydrogen-bond acceptors (Lipinski definition) is 6. The number of Topliss-reactive ketones (excluding diaryl/α,β-unsaturated/α-hetero) is 1. The highest BCUT2D eigenvalue weighted by Gasteiger charge is 2.21. The highest BCUT2D eigenvalue weighted by Crippen LogP contribution is 2.28. The molecular formula is C18H12Cl2N4OS2. The van der Waals surface area contributed by atoms with E-state index in [1.165, 1.54) is 11.8 Å². The third kappa shape index (κ3) is 4.21. The number of ketones is 1. The van der Waals surface area contributed by atoms with E-state index in [4.69, 9.17) is 23.2 Å². The second-order valence-electron chi connectivity index (χ2n) is 5.64. The number of aromatic nitrogens is 3. The first-order valence-electron chi connectivity index (χ1n) is 7.94. The molecule has 4 rings (SSSR count). The minimum atomic E-state index is -0.000571. The number of carbonyl (C=O) groups is 1. The van der Waals surface area contributed by atoms with Gasteiger partial charge in [-0.05, 0) is 42.0 Å². The first kappa shape index (κ1) is 18.6. The molecule has 0 spiro atoms. The fourth-order valence-electron chi connectivity index (χ4n) is 2.43. The lowest BCUT2D eigenvalue weighted by molar-refractivity contribution is 0.102. The number of hydrogen-bond donors (Lipinski definition) is 0. The Kier molecular flexibility index (Phi) is 5.54. The van der Waals surface area contributed by atoms with Crippen LogP contribution in [0.25, 0.3) is 0 Å². The normalized spacial score (nSPS) is 13.2. The lowest BCUT2D eigenvalue weighted by atomic mass is 10.1. The van der Waals surface area contributed by atoms with E-state index in [2.05, 4.69) is 15.3 Å². The van der Waals surface area contributed by atoms with E-state index in [1.807, 2.05) is 24.3 Å². The summed E-state index contributed by atoms with van der Waals surface area (Å²) in [4.78, 5) is 12.4. The van der Waals surface area contributed by atoms with Gasteiger partial charge in [0.05, 0.1) is 11.5 Å². The summed E-state index contributed by atoms with van der Waals surface area (Å²) in [6, 6.07) is 14.4. The molecule has 1 aliphatic heterocycles. The summed E-state index contributed by atoms with van der Waals surface area (Å²) in [7, 11) is 0. The number of nitrogens with zero attached hydrogens (tertiary/aromatic N) is 4. The van der Waals surface area contributed by atoms with Crippen molar-refractivity contribution < 1.29 is 4.79 Å². The van der Waals surface area contributed by atoms with Gasteiger partial charge in [-0.15, -0.1) is 10.2 Å². The van der Waals surface area contributed by atoms with Gasteiger partial charge in [-0.3, -0.25) is 4.79 Å². The fraction of sp³-hybridized carbons (Fsp3) is 0.111. The molecule has 0 aliphatic carbocycles. The number of halogens is 2. The Morgan fingerprint density at radius 2 is 1.70 bits per heavy atom. The predicted molar refractivity (Wildman–Crippen MR) is 111 cm³/mol. The molecule has 0 N–H and O–H groups in total. The SMILES string of the molecule is O=C(CSc1nnc2n1N=C(c1ccc(Cl)cc1)CS2)c1ccc(Cl)cc1. The Morgan fingerprint density at radius 3 is 2.41 bits per heavy atom. The number of benzene rings is 2. The van der Waals surface area contributed by atoms with Crippen molar-refractivity contribution >= 4 is 58.2 Å². The van der Waals surface area contributed by atoms with Gasteiger partial charge in [0.2, 0.25) is 10.3 Å². The van der Waals surface area contributed by atoms with Crippen LogP contribution < -0.4 is 0 Å². The number of thioether (sulfide) groups is 2. The smallest absolute Gasteiger partial charge is 0.213 e. The van der Waals surface area contributed by atoms with Crippen LogP contribution in [0.4, 0.5) is 0 Å². The van der Waals surface area contributed by atoms with Gasteiger partial charge >= 0.3 is 0 Å². The van der Waals surface area contributed by atoms with E-state index >= 15 is 0 Å². The molecule has 3 aromatic rings. The Hall–Kier alpha value is -1.80. The molecule has 0 saturated heterocycles. The van der Waals surface area contributed by atoms with Crippen molar-refractivity contribution in [3.8, 4) is 0 Å². The Morgan fingerprint density at radius 1 is 1.04 bits per heavy atom. The van der Waals surface area contributed by atoms with E-state index in [9.17, 15) is 4.79 Å². The number of rotatable bonds is 5. The van der Waals surface area contributed by atoms with Crippen molar-refractivity contribution in [1.82, 2.24) is 14.9 Å². The monoisotopic (exact) mass is 434 g/mol. The van der Waals surface area contributed by atoms with Gasteiger partial charge in [-0.1, -0.05) is 58.9 Å². The van der Waals surface area contributed by atoms with Crippen LogP contribution in [-0.4, -0.2) is 37.9 Å². The maximum atomic E-state index is 12.4. The third-order valence-electron chi connectivity index (χ3n) is 3.82. The molecule has 5 nitrogen and oxygen atoms in total. The largest absolute Gasteiger partial charge is 0.293 e. The Bertz CT molecular complexity index is 1020. The van der Waals surface area contributed by atoms with E-state index < -0.39 is 0 Å². The zero-order valence-electron chi connectivity index (χ0n) is 13.8. The maximum absolute atomic E-state index is 12.4. The zero-order chi connectivity index (χ0) is 18.8. The molecule has 0 radical (unpaired) electrons. The van der Waals surface area contributed by atoms with Gasteiger partial charge in [0.25, 0.3) is 0 Å². The summed E-state index contributed by atoms with van der Waals surface area (Å²) < 4.78 is 1.69. The van der Waals surface area contributed by atoms with E-state index in [0.29, 0.717) is 31.7 Å². The van der Waals surface area contributed by atoms with Crippen molar-refractivity contribution in [3.63, 3.8) is 0 Å². The minimum absolute atomic E-state index is 0.000571. The molecule has 27 heavy (non-hydrogen) atoms. The summed E-state index contributed by atoms with van der Waals surface area (Å²) in [5.41, 5.74) is 2.53. The van der Waals surface area contributed by atoms with Gasteiger partial charge in [0.15, 0.2) is 5.78 Å². The topological polar surface area (TPSA) is 60.1 Å². The molecule has 0 amide bonds. The molecular weight excluding hydrogens is 423 g/mol. The van der Waals surface area contributed by atoms with Gasteiger partial charge in [0.1, 0.15) is 0 Å². The predicted octanol–water partition coefficient (Wildman–Crippen LogP) is 4.92. The molecule has 0 saturated carbocycles. The van der Waals surface area contributed by atoms with Crippen LogP contribution in [0.3, 0.4) is 0 Å².